The van der Waals surface area contributed by atoms with Gasteiger partial charge >= 0.3 is 11.1 Å². The van der Waals surface area contributed by atoms with Gasteiger partial charge < -0.3 is 4.74 Å². The molecular formula is C18H19N4O2S+. The van der Waals surface area contributed by atoms with Crippen LogP contribution in [-0.4, -0.2) is 26.2 Å². The molecule has 0 saturated heterocycles. The summed E-state index contributed by atoms with van der Waals surface area (Å²) < 4.78 is 6.80. The van der Waals surface area contributed by atoms with Crippen LogP contribution in [0.4, 0.5) is 5.13 Å². The van der Waals surface area contributed by atoms with Crippen LogP contribution in [0.15, 0.2) is 35.8 Å². The molecule has 128 valence electrons. The summed E-state index contributed by atoms with van der Waals surface area (Å²) in [5.74, 6) is -0.352. The lowest BCUT2D eigenvalue weighted by Crippen LogP contribution is -2.41. The van der Waals surface area contributed by atoms with Crippen molar-refractivity contribution in [3.63, 3.8) is 0 Å². The van der Waals surface area contributed by atoms with Gasteiger partial charge in [-0.1, -0.05) is 23.5 Å². The third-order valence-electron chi connectivity index (χ3n) is 3.65. The second-order valence-corrected chi connectivity index (χ2v) is 6.18. The van der Waals surface area contributed by atoms with Gasteiger partial charge in [0, 0.05) is 5.38 Å². The molecule has 0 atom stereocenters. The predicted octanol–water partition coefficient (Wildman–Crippen LogP) is 2.50. The van der Waals surface area contributed by atoms with Crippen molar-refractivity contribution in [1.29, 1.82) is 10.5 Å². The first kappa shape index (κ1) is 18.4. The van der Waals surface area contributed by atoms with Crippen molar-refractivity contribution in [2.45, 2.75) is 19.4 Å². The Morgan fingerprint density at radius 3 is 2.40 bits per heavy atom. The van der Waals surface area contributed by atoms with Gasteiger partial charge in [-0.15, -0.1) is 0 Å². The quantitative estimate of drug-likeness (QED) is 0.537. The van der Waals surface area contributed by atoms with Gasteiger partial charge in [-0.05, 0) is 17.7 Å². The Hall–Kier alpha value is -2.90. The number of carbonyl (C=O) groups is 1. The smallest absolute Gasteiger partial charge is 0.337 e. The first-order valence-electron chi connectivity index (χ1n) is 7.82. The highest BCUT2D eigenvalue weighted by Gasteiger charge is 2.21. The number of anilines is 1. The van der Waals surface area contributed by atoms with Gasteiger partial charge in [0.2, 0.25) is 0 Å². The zero-order chi connectivity index (χ0) is 18.1. The molecule has 0 fully saturated rings. The number of thiazole rings is 1. The summed E-state index contributed by atoms with van der Waals surface area (Å²) in [7, 11) is 1.36. The van der Waals surface area contributed by atoms with Crippen LogP contribution in [-0.2, 0) is 11.3 Å². The number of aromatic nitrogens is 1. The zero-order valence-corrected chi connectivity index (χ0v) is 14.8. The van der Waals surface area contributed by atoms with Crippen molar-refractivity contribution >= 4 is 22.4 Å². The Labute approximate surface area is 151 Å². The van der Waals surface area contributed by atoms with Crippen LogP contribution < -0.4 is 9.47 Å². The molecule has 6 nitrogen and oxygen atoms in total. The van der Waals surface area contributed by atoms with E-state index in [1.54, 1.807) is 23.5 Å². The maximum Gasteiger partial charge on any atom is 0.337 e. The molecule has 0 bridgehead atoms. The van der Waals surface area contributed by atoms with Gasteiger partial charge in [0.15, 0.2) is 0 Å². The molecule has 25 heavy (non-hydrogen) atoms. The SMILES string of the molecule is COC(=O)c1ccc(C[n+]2ccsc2N(CCC#N)CCC#N)cc1. The standard InChI is InChI=1S/C18H19N4O2S/c1-24-17(23)16-6-4-15(5-7-16)14-22-12-13-25-18(22)21(10-2-8-19)11-3-9-20/h4-7,12-13H,2-3,10-11,14H2,1H3/q+1. The normalized spacial score (nSPS) is 9.88. The van der Waals surface area contributed by atoms with E-state index in [0.29, 0.717) is 38.0 Å². The van der Waals surface area contributed by atoms with E-state index < -0.39 is 0 Å². The highest BCUT2D eigenvalue weighted by Crippen LogP contribution is 2.17. The highest BCUT2D eigenvalue weighted by atomic mass is 32.1. The predicted molar refractivity (Wildman–Crippen MR) is 94.1 cm³/mol. The number of methoxy groups -OCH3 is 1. The minimum absolute atomic E-state index is 0.352. The van der Waals surface area contributed by atoms with Crippen LogP contribution in [0.3, 0.4) is 0 Å². The average Bonchev–Trinajstić information content (AvgIpc) is 3.10. The number of benzene rings is 1. The Balaban J connectivity index is 2.15. The van der Waals surface area contributed by atoms with Crippen molar-refractivity contribution in [2.24, 2.45) is 0 Å². The van der Waals surface area contributed by atoms with Crippen LogP contribution in [0, 0.1) is 22.7 Å². The topological polar surface area (TPSA) is 81.0 Å². The first-order chi connectivity index (χ1) is 12.2. The fourth-order valence-electron chi connectivity index (χ4n) is 2.41. The van der Waals surface area contributed by atoms with Gasteiger partial charge in [-0.25, -0.2) is 9.36 Å². The second kappa shape index (κ2) is 9.41. The minimum atomic E-state index is -0.352. The van der Waals surface area contributed by atoms with Gasteiger partial charge in [0.05, 0.1) is 50.7 Å². The first-order valence-corrected chi connectivity index (χ1v) is 8.70. The molecule has 0 aliphatic rings. The second-order valence-electron chi connectivity index (χ2n) is 5.31. The summed E-state index contributed by atoms with van der Waals surface area (Å²) in [4.78, 5) is 13.6. The molecule has 1 aromatic heterocycles. The van der Waals surface area contributed by atoms with E-state index in [0.717, 1.165) is 10.7 Å². The third kappa shape index (κ3) is 5.03. The van der Waals surface area contributed by atoms with Crippen molar-refractivity contribution in [2.75, 3.05) is 25.1 Å². The fraction of sp³-hybridized carbons (Fsp3) is 0.333. The third-order valence-corrected chi connectivity index (χ3v) is 4.61. The molecule has 0 radical (unpaired) electrons. The summed E-state index contributed by atoms with van der Waals surface area (Å²) in [5.41, 5.74) is 1.57. The van der Waals surface area contributed by atoms with Crippen molar-refractivity contribution in [1.82, 2.24) is 0 Å². The van der Waals surface area contributed by atoms with Gasteiger partial charge in [0.25, 0.3) is 0 Å². The number of nitrogens with zero attached hydrogens (tertiary/aromatic N) is 4. The van der Waals surface area contributed by atoms with E-state index in [4.69, 9.17) is 15.3 Å². The highest BCUT2D eigenvalue weighted by molar-refractivity contribution is 7.13. The minimum Gasteiger partial charge on any atom is -0.465 e. The molecule has 0 saturated carbocycles. The molecule has 0 aliphatic heterocycles. The molecule has 7 heteroatoms. The number of ether oxygens (including phenoxy) is 1. The fourth-order valence-corrected chi connectivity index (χ4v) is 3.33. The summed E-state index contributed by atoms with van der Waals surface area (Å²) in [6.07, 6.45) is 2.81. The summed E-state index contributed by atoms with van der Waals surface area (Å²) >= 11 is 1.59. The number of carbonyl (C=O) groups excluding carboxylic acids is 1. The van der Waals surface area contributed by atoms with Crippen molar-refractivity contribution in [3.05, 3.63) is 47.0 Å². The summed E-state index contributed by atoms with van der Waals surface area (Å²) in [6.45, 7) is 1.84. The largest absolute Gasteiger partial charge is 0.465 e. The van der Waals surface area contributed by atoms with E-state index in [-0.39, 0.29) is 5.97 Å². The van der Waals surface area contributed by atoms with Gasteiger partial charge in [-0.3, -0.25) is 4.90 Å². The number of nitriles is 2. The molecule has 2 aromatic rings. The van der Waals surface area contributed by atoms with E-state index >= 15 is 0 Å². The Morgan fingerprint density at radius 2 is 1.84 bits per heavy atom. The monoisotopic (exact) mass is 355 g/mol. The molecule has 0 unspecified atom stereocenters. The lowest BCUT2D eigenvalue weighted by Gasteiger charge is -2.14. The van der Waals surface area contributed by atoms with E-state index in [1.165, 1.54) is 7.11 Å². The van der Waals surface area contributed by atoms with Crippen LogP contribution in [0.25, 0.3) is 0 Å². The van der Waals surface area contributed by atoms with Crippen LogP contribution >= 0.6 is 11.3 Å². The molecule has 0 spiro atoms. The molecule has 0 amide bonds. The molecule has 0 aliphatic carbocycles. The maximum atomic E-state index is 11.5. The van der Waals surface area contributed by atoms with E-state index in [2.05, 4.69) is 21.6 Å². The molecule has 1 aromatic carbocycles. The molecule has 0 N–H and O–H groups in total. The summed E-state index contributed by atoms with van der Waals surface area (Å²) in [6, 6.07) is 11.6. The Bertz CT molecular complexity index is 769. The molecule has 2 rings (SSSR count). The van der Waals surface area contributed by atoms with E-state index in [9.17, 15) is 4.79 Å². The maximum absolute atomic E-state index is 11.5. The van der Waals surface area contributed by atoms with Gasteiger partial charge in [-0.2, -0.15) is 10.5 Å². The number of esters is 1. The Kier molecular flexibility index (Phi) is 6.94. The van der Waals surface area contributed by atoms with Crippen LogP contribution in [0.5, 0.6) is 0 Å². The Morgan fingerprint density at radius 1 is 1.20 bits per heavy atom. The molecular weight excluding hydrogens is 336 g/mol. The number of hydrogen-bond donors (Lipinski definition) is 0. The average molecular weight is 355 g/mol. The lowest BCUT2D eigenvalue weighted by atomic mass is 10.1. The zero-order valence-electron chi connectivity index (χ0n) is 14.0. The van der Waals surface area contributed by atoms with Crippen LogP contribution in [0.2, 0.25) is 0 Å². The molecule has 1 heterocycles. The van der Waals surface area contributed by atoms with Crippen LogP contribution in [0.1, 0.15) is 28.8 Å². The summed E-state index contributed by atoms with van der Waals surface area (Å²) in [5, 5.41) is 20.7. The lowest BCUT2D eigenvalue weighted by molar-refractivity contribution is -0.671. The van der Waals surface area contributed by atoms with Crippen molar-refractivity contribution in [3.8, 4) is 12.1 Å². The van der Waals surface area contributed by atoms with Gasteiger partial charge in [0.1, 0.15) is 12.7 Å². The number of hydrogen-bond acceptors (Lipinski definition) is 6. The van der Waals surface area contributed by atoms with E-state index in [1.807, 2.05) is 23.7 Å². The van der Waals surface area contributed by atoms with Crippen molar-refractivity contribution < 1.29 is 14.1 Å². The number of rotatable bonds is 8.